The number of alkyl halides is 6. The van der Waals surface area contributed by atoms with Crippen LogP contribution >= 0.6 is 11.8 Å². The zero-order chi connectivity index (χ0) is 21.9. The van der Waals surface area contributed by atoms with Gasteiger partial charge in [-0.15, -0.1) is 0 Å². The number of nitrogens with one attached hydrogen (secondary N) is 1. The van der Waals surface area contributed by atoms with Crippen LogP contribution < -0.4 is 10.2 Å². The van der Waals surface area contributed by atoms with Crippen LogP contribution in [-0.2, 0) is 6.18 Å². The van der Waals surface area contributed by atoms with E-state index in [2.05, 4.69) is 10.3 Å². The van der Waals surface area contributed by atoms with Gasteiger partial charge in [0.1, 0.15) is 5.82 Å². The average molecular weight is 449 g/mol. The highest BCUT2D eigenvalue weighted by Crippen LogP contribution is 2.38. The lowest BCUT2D eigenvalue weighted by Gasteiger charge is -2.33. The molecule has 1 fully saturated rings. The minimum atomic E-state index is -4.50. The predicted octanol–water partition coefficient (Wildman–Crippen LogP) is 5.11. The summed E-state index contributed by atoms with van der Waals surface area (Å²) in [5.74, 6) is -0.187. The molecule has 1 saturated heterocycles. The number of carbonyl (C=O) groups excluding carboxylic acids is 1. The summed E-state index contributed by atoms with van der Waals surface area (Å²) < 4.78 is 76.0. The molecule has 0 spiro atoms. The molecule has 11 heteroatoms. The molecule has 1 aromatic heterocycles. The molecule has 0 saturated carbocycles. The summed E-state index contributed by atoms with van der Waals surface area (Å²) >= 11 is -0.339. The monoisotopic (exact) mass is 449 g/mol. The number of hydrogen-bond acceptors (Lipinski definition) is 4. The number of hydrogen-bond donors (Lipinski definition) is 1. The predicted molar refractivity (Wildman–Crippen MR) is 100 cm³/mol. The fraction of sp³-hybridized carbons (Fsp3) is 0.368. The Morgan fingerprint density at radius 3 is 2.27 bits per heavy atom. The standard InChI is InChI=1S/C19H17F6N3OS/c20-18(21,22)12-5-6-16(26-11-12)28-9-7-13(8-10-28)27-17(29)14-3-1-2-4-15(14)30-19(23,24)25/h1-6,11,13H,7-10H2,(H,27,29). The second-order valence-corrected chi connectivity index (χ2v) is 7.79. The number of rotatable bonds is 4. The van der Waals surface area contributed by atoms with Gasteiger partial charge in [-0.25, -0.2) is 4.98 Å². The van der Waals surface area contributed by atoms with Gasteiger partial charge in [0.15, 0.2) is 0 Å². The quantitative estimate of drug-likeness (QED) is 0.521. The van der Waals surface area contributed by atoms with Crippen molar-refractivity contribution in [3.05, 3.63) is 53.7 Å². The van der Waals surface area contributed by atoms with Gasteiger partial charge in [0, 0.05) is 30.2 Å². The number of piperidine rings is 1. The van der Waals surface area contributed by atoms with Crippen LogP contribution in [0.15, 0.2) is 47.5 Å². The molecule has 0 unspecified atom stereocenters. The molecule has 0 atom stereocenters. The van der Waals surface area contributed by atoms with Gasteiger partial charge in [-0.3, -0.25) is 4.79 Å². The minimum absolute atomic E-state index is 0.0494. The van der Waals surface area contributed by atoms with E-state index in [-0.39, 0.29) is 28.3 Å². The Morgan fingerprint density at radius 2 is 1.70 bits per heavy atom. The number of benzene rings is 1. The Labute approximate surface area is 172 Å². The maximum atomic E-state index is 12.7. The third-order valence-corrected chi connectivity index (χ3v) is 5.39. The fourth-order valence-electron chi connectivity index (χ4n) is 3.12. The summed E-state index contributed by atoms with van der Waals surface area (Å²) in [6, 6.07) is 7.51. The molecule has 2 heterocycles. The van der Waals surface area contributed by atoms with E-state index in [9.17, 15) is 31.1 Å². The molecule has 3 rings (SSSR count). The first-order valence-electron chi connectivity index (χ1n) is 8.97. The van der Waals surface area contributed by atoms with E-state index in [0.29, 0.717) is 31.7 Å². The zero-order valence-electron chi connectivity index (χ0n) is 15.4. The van der Waals surface area contributed by atoms with Crippen LogP contribution in [0.5, 0.6) is 0 Å². The van der Waals surface area contributed by atoms with Gasteiger partial charge in [0.05, 0.1) is 11.1 Å². The van der Waals surface area contributed by atoms with Crippen LogP contribution in [0.25, 0.3) is 0 Å². The molecule has 0 bridgehead atoms. The Hall–Kier alpha value is -2.43. The molecule has 1 aliphatic rings. The van der Waals surface area contributed by atoms with Crippen LogP contribution in [0.2, 0.25) is 0 Å². The van der Waals surface area contributed by atoms with Crippen molar-refractivity contribution in [3.63, 3.8) is 0 Å². The summed E-state index contributed by atoms with van der Waals surface area (Å²) in [6.45, 7) is 0.893. The molecule has 1 aliphatic heterocycles. The highest BCUT2D eigenvalue weighted by molar-refractivity contribution is 8.00. The van der Waals surface area contributed by atoms with Crippen molar-refractivity contribution in [3.8, 4) is 0 Å². The van der Waals surface area contributed by atoms with Crippen molar-refractivity contribution in [2.24, 2.45) is 0 Å². The van der Waals surface area contributed by atoms with Gasteiger partial charge >= 0.3 is 11.7 Å². The molecule has 0 aliphatic carbocycles. The van der Waals surface area contributed by atoms with Crippen LogP contribution in [0, 0.1) is 0 Å². The van der Waals surface area contributed by atoms with Crippen molar-refractivity contribution in [1.82, 2.24) is 10.3 Å². The van der Waals surface area contributed by atoms with Crippen molar-refractivity contribution in [2.75, 3.05) is 18.0 Å². The highest BCUT2D eigenvalue weighted by atomic mass is 32.2. The van der Waals surface area contributed by atoms with Gasteiger partial charge in [-0.1, -0.05) is 12.1 Å². The average Bonchev–Trinajstić information content (AvgIpc) is 2.67. The van der Waals surface area contributed by atoms with Crippen molar-refractivity contribution in [1.29, 1.82) is 0 Å². The molecule has 162 valence electrons. The van der Waals surface area contributed by atoms with E-state index < -0.39 is 23.2 Å². The summed E-state index contributed by atoms with van der Waals surface area (Å²) in [6.07, 6.45) is -2.70. The van der Waals surface area contributed by atoms with Crippen LogP contribution in [0.3, 0.4) is 0 Å². The topological polar surface area (TPSA) is 45.2 Å². The molecular weight excluding hydrogens is 432 g/mol. The molecule has 1 N–H and O–H groups in total. The number of amides is 1. The van der Waals surface area contributed by atoms with E-state index >= 15 is 0 Å². The molecule has 30 heavy (non-hydrogen) atoms. The molecule has 1 amide bonds. The molecular formula is C19H17F6N3OS. The second kappa shape index (κ2) is 8.75. The van der Waals surface area contributed by atoms with Gasteiger partial charge in [0.2, 0.25) is 0 Å². The van der Waals surface area contributed by atoms with E-state index in [1.807, 2.05) is 0 Å². The largest absolute Gasteiger partial charge is 0.446 e. The van der Waals surface area contributed by atoms with Gasteiger partial charge < -0.3 is 10.2 Å². The molecule has 0 radical (unpaired) electrons. The van der Waals surface area contributed by atoms with Crippen molar-refractivity contribution < 1.29 is 31.1 Å². The summed E-state index contributed by atoms with van der Waals surface area (Å²) in [4.78, 5) is 18.0. The first kappa shape index (κ1) is 22.3. The SMILES string of the molecule is O=C(NC1CCN(c2ccc(C(F)(F)F)cn2)CC1)c1ccccc1SC(F)(F)F. The van der Waals surface area contributed by atoms with Crippen LogP contribution in [0.4, 0.5) is 32.2 Å². The third-order valence-electron chi connectivity index (χ3n) is 4.59. The van der Waals surface area contributed by atoms with Crippen molar-refractivity contribution >= 4 is 23.5 Å². The lowest BCUT2D eigenvalue weighted by Crippen LogP contribution is -2.45. The normalized spacial score (nSPS) is 15.9. The number of aromatic nitrogens is 1. The molecule has 4 nitrogen and oxygen atoms in total. The lowest BCUT2D eigenvalue weighted by atomic mass is 10.0. The number of anilines is 1. The highest BCUT2D eigenvalue weighted by Gasteiger charge is 2.32. The maximum absolute atomic E-state index is 12.7. The van der Waals surface area contributed by atoms with E-state index in [1.54, 1.807) is 4.90 Å². The van der Waals surface area contributed by atoms with E-state index in [4.69, 9.17) is 0 Å². The minimum Gasteiger partial charge on any atom is -0.356 e. The van der Waals surface area contributed by atoms with Gasteiger partial charge in [0.25, 0.3) is 5.91 Å². The Balaban J connectivity index is 1.58. The maximum Gasteiger partial charge on any atom is 0.446 e. The summed E-state index contributed by atoms with van der Waals surface area (Å²) in [5.41, 5.74) is -5.38. The Morgan fingerprint density at radius 1 is 1.03 bits per heavy atom. The first-order valence-corrected chi connectivity index (χ1v) is 9.78. The van der Waals surface area contributed by atoms with Crippen LogP contribution in [0.1, 0.15) is 28.8 Å². The van der Waals surface area contributed by atoms with E-state index in [0.717, 1.165) is 12.3 Å². The lowest BCUT2D eigenvalue weighted by molar-refractivity contribution is -0.137. The summed E-state index contributed by atoms with van der Waals surface area (Å²) in [5, 5.41) is 2.75. The van der Waals surface area contributed by atoms with Crippen molar-refractivity contribution in [2.45, 2.75) is 35.5 Å². The molecule has 2 aromatic rings. The van der Waals surface area contributed by atoms with Gasteiger partial charge in [-0.2, -0.15) is 26.3 Å². The number of pyridine rings is 1. The number of halogens is 6. The van der Waals surface area contributed by atoms with E-state index in [1.165, 1.54) is 30.3 Å². The third kappa shape index (κ3) is 5.80. The van der Waals surface area contributed by atoms with Gasteiger partial charge in [-0.05, 0) is 48.9 Å². The van der Waals surface area contributed by atoms with Crippen LogP contribution in [-0.4, -0.2) is 35.5 Å². The zero-order valence-corrected chi connectivity index (χ0v) is 16.2. The Bertz CT molecular complexity index is 877. The fourth-order valence-corrected chi connectivity index (χ4v) is 3.79. The first-order chi connectivity index (χ1) is 14.0. The second-order valence-electron chi connectivity index (χ2n) is 6.68. The summed E-state index contributed by atoms with van der Waals surface area (Å²) in [7, 11) is 0. The number of carbonyl (C=O) groups is 1. The smallest absolute Gasteiger partial charge is 0.356 e. The molecule has 1 aromatic carbocycles. The Kier molecular flexibility index (Phi) is 6.49. The number of thioether (sulfide) groups is 1. The number of nitrogens with zero attached hydrogens (tertiary/aromatic N) is 2.